The van der Waals surface area contributed by atoms with Crippen LogP contribution in [0.15, 0.2) is 147 Å². The van der Waals surface area contributed by atoms with Gasteiger partial charge in [-0.2, -0.15) is 4.99 Å². The third-order valence-corrected chi connectivity index (χ3v) is 10.3. The minimum absolute atomic E-state index is 0.128. The van der Waals surface area contributed by atoms with Gasteiger partial charge in [-0.1, -0.05) is 140 Å². The minimum Gasteiger partial charge on any atom is -0.387 e. The van der Waals surface area contributed by atoms with E-state index >= 15 is 0 Å². The number of nitrogens with zero attached hydrogens (tertiary/aromatic N) is 4. The average Bonchev–Trinajstić information content (AvgIpc) is 3.24. The fraction of sp³-hybridized carbons (Fsp3) is 0.320. The van der Waals surface area contributed by atoms with E-state index in [0.29, 0.717) is 46.5 Å². The molecule has 0 saturated carbocycles. The Balaban J connectivity index is 0.000000377. The van der Waals surface area contributed by atoms with Crippen molar-refractivity contribution in [3.63, 3.8) is 0 Å². The van der Waals surface area contributed by atoms with Gasteiger partial charge in [-0.25, -0.2) is 4.99 Å². The molecule has 1 atom stereocenters. The molecule has 0 fully saturated rings. The number of halogens is 2. The Hall–Kier alpha value is -5.48. The number of anilines is 1. The molecule has 0 bridgehead atoms. The number of aliphatic imine (C=N–C) groups is 4. The van der Waals surface area contributed by atoms with Gasteiger partial charge in [0.05, 0.1) is 5.69 Å². The molecule has 322 valence electrons. The summed E-state index contributed by atoms with van der Waals surface area (Å²) < 4.78 is 0. The highest BCUT2D eigenvalue weighted by Gasteiger charge is 2.22. The van der Waals surface area contributed by atoms with Gasteiger partial charge >= 0.3 is 0 Å². The Morgan fingerprint density at radius 1 is 0.672 bits per heavy atom. The maximum atomic E-state index is 11.1. The molecule has 8 N–H and O–H groups in total. The van der Waals surface area contributed by atoms with Gasteiger partial charge in [-0.05, 0) is 118 Å². The van der Waals surface area contributed by atoms with Gasteiger partial charge in [0, 0.05) is 40.0 Å². The predicted molar refractivity (Wildman–Crippen MR) is 261 cm³/mol. The Kier molecular flexibility index (Phi) is 20.5. The number of amidine groups is 1. The second-order valence-corrected chi connectivity index (χ2v) is 16.1. The van der Waals surface area contributed by atoms with Crippen LogP contribution in [-0.4, -0.2) is 35.1 Å². The van der Waals surface area contributed by atoms with Crippen LogP contribution in [-0.2, 0) is 25.0 Å². The van der Waals surface area contributed by atoms with E-state index in [1.165, 1.54) is 35.1 Å². The number of hydrogen-bond acceptors (Lipinski definition) is 4. The molecule has 0 saturated heterocycles. The van der Waals surface area contributed by atoms with E-state index in [4.69, 9.17) is 45.4 Å². The second-order valence-electron chi connectivity index (χ2n) is 15.3. The molecular formula is C50H62Cl2N8O. The molecule has 5 aromatic carbocycles. The van der Waals surface area contributed by atoms with Crippen LogP contribution in [0.5, 0.6) is 0 Å². The number of unbranched alkanes of at least 4 members (excludes halogenated alkanes) is 4. The SMILES string of the molecule is CC(O)(N=C(CCCCCCCN=C(N)N=C(N)Nc1ccc(Cl)cc1)CC(N)=Nc1ccc(Cl)cc1)c1ccccc1.CCCc1ccc(CCc2ccc(C)cc2)cc1. The zero-order valence-electron chi connectivity index (χ0n) is 35.8. The summed E-state index contributed by atoms with van der Waals surface area (Å²) in [7, 11) is 0. The van der Waals surface area contributed by atoms with Gasteiger partial charge < -0.3 is 27.6 Å². The Morgan fingerprint density at radius 3 is 1.82 bits per heavy atom. The van der Waals surface area contributed by atoms with Crippen molar-refractivity contribution in [3.05, 3.63) is 165 Å². The largest absolute Gasteiger partial charge is 0.387 e. The Morgan fingerprint density at radius 2 is 1.21 bits per heavy atom. The minimum atomic E-state index is -1.37. The van der Waals surface area contributed by atoms with Crippen LogP contribution in [0.1, 0.15) is 93.0 Å². The number of aryl methyl sites for hydroxylation is 4. The maximum absolute atomic E-state index is 11.1. The lowest BCUT2D eigenvalue weighted by Gasteiger charge is -2.21. The molecular weight excluding hydrogens is 800 g/mol. The number of nitrogens with one attached hydrogen (secondary N) is 1. The third-order valence-electron chi connectivity index (χ3n) is 9.81. The number of hydrogen-bond donors (Lipinski definition) is 5. The van der Waals surface area contributed by atoms with Crippen molar-refractivity contribution in [3.8, 4) is 0 Å². The van der Waals surface area contributed by atoms with Crippen molar-refractivity contribution in [2.75, 3.05) is 11.9 Å². The first-order valence-corrected chi connectivity index (χ1v) is 21.9. The summed E-state index contributed by atoms with van der Waals surface area (Å²) in [5.74, 6) is 0.710. The van der Waals surface area contributed by atoms with Crippen LogP contribution in [0, 0.1) is 6.92 Å². The standard InChI is InChI=1S/C32H40Cl2N8O.C18H22/c1-32(43,23-10-6-5-7-11-23)42-28(22-29(35)39-26-17-13-24(33)14-18-26)12-8-3-2-4-9-21-38-30(36)41-31(37)40-27-19-15-25(34)16-20-27;1-3-4-16-9-11-18(12-10-16)14-13-17-7-5-15(2)6-8-17/h5-7,10-11,13-20,43H,2-4,8-9,12,21-22H2,1H3,(H2,35,39)(H5,36,37,38,40,41);5-12H,3-4,13-14H2,1-2H3. The molecule has 0 radical (unpaired) electrons. The summed E-state index contributed by atoms with van der Waals surface area (Å²) >= 11 is 11.9. The number of guanidine groups is 2. The van der Waals surface area contributed by atoms with Gasteiger partial charge in [0.1, 0.15) is 5.84 Å². The van der Waals surface area contributed by atoms with Crippen LogP contribution in [0.4, 0.5) is 11.4 Å². The lowest BCUT2D eigenvalue weighted by atomic mass is 10.0. The molecule has 9 nitrogen and oxygen atoms in total. The van der Waals surface area contributed by atoms with E-state index in [0.717, 1.165) is 56.3 Å². The Bertz CT molecular complexity index is 2150. The first-order chi connectivity index (χ1) is 29.4. The molecule has 11 heteroatoms. The van der Waals surface area contributed by atoms with Gasteiger partial charge in [0.25, 0.3) is 0 Å². The fourth-order valence-corrected chi connectivity index (χ4v) is 6.73. The van der Waals surface area contributed by atoms with E-state index in [9.17, 15) is 5.11 Å². The van der Waals surface area contributed by atoms with Crippen molar-refractivity contribution in [1.29, 1.82) is 0 Å². The first kappa shape index (κ1) is 48.2. The molecule has 61 heavy (non-hydrogen) atoms. The quantitative estimate of drug-likeness (QED) is 0.0317. The van der Waals surface area contributed by atoms with Crippen molar-refractivity contribution >= 4 is 58.0 Å². The van der Waals surface area contributed by atoms with Gasteiger partial charge in [-0.3, -0.25) is 9.98 Å². The zero-order valence-corrected chi connectivity index (χ0v) is 37.3. The summed E-state index contributed by atoms with van der Waals surface area (Å²) in [6.45, 7) is 6.61. The zero-order chi connectivity index (χ0) is 43.9. The van der Waals surface area contributed by atoms with Crippen LogP contribution in [0.2, 0.25) is 10.0 Å². The molecule has 5 rings (SSSR count). The van der Waals surface area contributed by atoms with E-state index < -0.39 is 5.72 Å². The van der Waals surface area contributed by atoms with E-state index in [1.54, 1.807) is 43.3 Å². The number of rotatable bonds is 19. The van der Waals surface area contributed by atoms with Crippen molar-refractivity contribution in [1.82, 2.24) is 0 Å². The molecule has 0 aliphatic heterocycles. The first-order valence-electron chi connectivity index (χ1n) is 21.1. The maximum Gasteiger partial charge on any atom is 0.218 e. The molecule has 0 heterocycles. The lowest BCUT2D eigenvalue weighted by Crippen LogP contribution is -2.26. The monoisotopic (exact) mass is 860 g/mol. The third kappa shape index (κ3) is 19.2. The van der Waals surface area contributed by atoms with Crippen LogP contribution < -0.4 is 22.5 Å². The molecule has 0 aliphatic rings. The van der Waals surface area contributed by atoms with Crippen molar-refractivity contribution in [2.45, 2.75) is 97.1 Å². The average molecular weight is 862 g/mol. The van der Waals surface area contributed by atoms with E-state index in [2.05, 4.69) is 82.7 Å². The molecule has 5 aromatic rings. The summed E-state index contributed by atoms with van der Waals surface area (Å²) in [6, 6.07) is 41.6. The van der Waals surface area contributed by atoms with Crippen molar-refractivity contribution < 1.29 is 5.11 Å². The molecule has 0 aromatic heterocycles. The molecule has 0 amide bonds. The molecule has 0 aliphatic carbocycles. The van der Waals surface area contributed by atoms with Gasteiger partial charge in [-0.15, -0.1) is 0 Å². The number of benzene rings is 5. The number of nitrogens with two attached hydrogens (primary N) is 3. The van der Waals surface area contributed by atoms with Crippen molar-refractivity contribution in [2.24, 2.45) is 37.2 Å². The summed E-state index contributed by atoms with van der Waals surface area (Å²) in [6.07, 6.45) is 10.5. The highest BCUT2D eigenvalue weighted by molar-refractivity contribution is 6.31. The molecule has 0 spiro atoms. The van der Waals surface area contributed by atoms with Gasteiger partial charge in [0.15, 0.2) is 5.72 Å². The predicted octanol–water partition coefficient (Wildman–Crippen LogP) is 11.5. The summed E-state index contributed by atoms with van der Waals surface area (Å²) in [4.78, 5) is 17.6. The second kappa shape index (κ2) is 26.0. The fourth-order valence-electron chi connectivity index (χ4n) is 6.48. The summed E-state index contributed by atoms with van der Waals surface area (Å²) in [5, 5.41) is 15.4. The Labute approximate surface area is 373 Å². The topological polar surface area (TPSA) is 160 Å². The normalized spacial score (nSPS) is 13.3. The van der Waals surface area contributed by atoms with E-state index in [-0.39, 0.29) is 11.9 Å². The summed E-state index contributed by atoms with van der Waals surface area (Å²) in [5.41, 5.74) is 25.4. The molecule has 1 unspecified atom stereocenters. The van der Waals surface area contributed by atoms with E-state index in [1.807, 2.05) is 42.5 Å². The van der Waals surface area contributed by atoms with Crippen LogP contribution >= 0.6 is 23.2 Å². The lowest BCUT2D eigenvalue weighted by molar-refractivity contribution is 0.0672. The van der Waals surface area contributed by atoms with Gasteiger partial charge in [0.2, 0.25) is 11.9 Å². The highest BCUT2D eigenvalue weighted by atomic mass is 35.5. The smallest absolute Gasteiger partial charge is 0.218 e. The highest BCUT2D eigenvalue weighted by Crippen LogP contribution is 2.24. The van der Waals surface area contributed by atoms with Crippen LogP contribution in [0.25, 0.3) is 0 Å². The number of aliphatic hydroxyl groups is 1. The van der Waals surface area contributed by atoms with Crippen LogP contribution in [0.3, 0.4) is 0 Å².